The third-order valence-corrected chi connectivity index (χ3v) is 2.04. The largest absolute Gasteiger partial charge is 0.491 e. The molecule has 3 nitrogen and oxygen atoms in total. The molecule has 1 atom stereocenters. The van der Waals surface area contributed by atoms with Gasteiger partial charge in [-0.3, -0.25) is 4.79 Å². The first-order chi connectivity index (χ1) is 6.95. The second-order valence-electron chi connectivity index (χ2n) is 3.96. The smallest absolute Gasteiger partial charge is 0.155 e. The number of benzene rings is 1. The van der Waals surface area contributed by atoms with E-state index in [9.17, 15) is 9.90 Å². The number of rotatable bonds is 4. The van der Waals surface area contributed by atoms with Gasteiger partial charge in [0.05, 0.1) is 6.10 Å². The number of aldehydes is 1. The number of hydrogen-bond acceptors (Lipinski definition) is 3. The van der Waals surface area contributed by atoms with Crippen molar-refractivity contribution in [1.29, 1.82) is 0 Å². The molecule has 1 N–H and O–H groups in total. The Morgan fingerprint density at radius 2 is 1.87 bits per heavy atom. The molecule has 1 rings (SSSR count). The van der Waals surface area contributed by atoms with Gasteiger partial charge in [-0.15, -0.1) is 0 Å². The summed E-state index contributed by atoms with van der Waals surface area (Å²) in [5.41, 5.74) is -0.857. The second-order valence-corrected chi connectivity index (χ2v) is 3.96. The van der Waals surface area contributed by atoms with Crippen LogP contribution in [0.1, 0.15) is 26.3 Å². The van der Waals surface area contributed by atoms with Crippen molar-refractivity contribution >= 4 is 6.29 Å². The van der Waals surface area contributed by atoms with Gasteiger partial charge >= 0.3 is 0 Å². The Balaban J connectivity index is 2.85. The third-order valence-electron chi connectivity index (χ3n) is 2.04. The van der Waals surface area contributed by atoms with Crippen LogP contribution in [0.5, 0.6) is 5.75 Å². The molecule has 0 amide bonds. The summed E-state index contributed by atoms with van der Waals surface area (Å²) in [4.78, 5) is 10.6. The fourth-order valence-corrected chi connectivity index (χ4v) is 1.21. The average molecular weight is 208 g/mol. The van der Waals surface area contributed by atoms with E-state index < -0.39 is 5.60 Å². The minimum atomic E-state index is -1.42. The Morgan fingerprint density at radius 1 is 1.33 bits per heavy atom. The van der Waals surface area contributed by atoms with E-state index in [2.05, 4.69) is 0 Å². The van der Waals surface area contributed by atoms with Gasteiger partial charge < -0.3 is 9.84 Å². The molecular formula is C12H16O3. The highest BCUT2D eigenvalue weighted by molar-refractivity contribution is 5.65. The zero-order valence-corrected chi connectivity index (χ0v) is 9.23. The van der Waals surface area contributed by atoms with Crippen LogP contribution in [-0.2, 0) is 10.4 Å². The molecule has 0 saturated heterocycles. The summed E-state index contributed by atoms with van der Waals surface area (Å²) in [6.45, 7) is 5.34. The van der Waals surface area contributed by atoms with Crippen LogP contribution in [0, 0.1) is 0 Å². The number of hydrogen-bond donors (Lipinski definition) is 1. The summed E-state index contributed by atoms with van der Waals surface area (Å²) in [6.07, 6.45) is 0.633. The van der Waals surface area contributed by atoms with E-state index in [0.29, 0.717) is 11.8 Å². The van der Waals surface area contributed by atoms with Crippen molar-refractivity contribution < 1.29 is 14.6 Å². The minimum absolute atomic E-state index is 0.113. The highest BCUT2D eigenvalue weighted by Crippen LogP contribution is 2.21. The molecule has 1 aromatic carbocycles. The monoisotopic (exact) mass is 208 g/mol. The topological polar surface area (TPSA) is 46.5 Å². The number of carbonyl (C=O) groups excluding carboxylic acids is 1. The molecular weight excluding hydrogens is 192 g/mol. The minimum Gasteiger partial charge on any atom is -0.491 e. The quantitative estimate of drug-likeness (QED) is 0.768. The summed E-state index contributed by atoms with van der Waals surface area (Å²) in [7, 11) is 0. The zero-order chi connectivity index (χ0) is 11.5. The lowest BCUT2D eigenvalue weighted by Gasteiger charge is -2.17. The maximum absolute atomic E-state index is 10.6. The molecule has 1 aromatic rings. The molecule has 0 spiro atoms. The first kappa shape index (κ1) is 11.7. The van der Waals surface area contributed by atoms with Crippen LogP contribution in [0.2, 0.25) is 0 Å². The van der Waals surface area contributed by atoms with Gasteiger partial charge in [0.1, 0.15) is 11.4 Å². The van der Waals surface area contributed by atoms with Gasteiger partial charge in [0.25, 0.3) is 0 Å². The fraction of sp³-hybridized carbons (Fsp3) is 0.417. The maximum Gasteiger partial charge on any atom is 0.155 e. The highest BCUT2D eigenvalue weighted by Gasteiger charge is 2.21. The standard InChI is InChI=1S/C12H16O3/c1-9(2)15-11-6-4-10(5-7-11)12(3,14)8-13/h4-9,14H,1-3H3. The van der Waals surface area contributed by atoms with Crippen LogP contribution in [-0.4, -0.2) is 17.5 Å². The summed E-state index contributed by atoms with van der Waals surface area (Å²) < 4.78 is 5.45. The van der Waals surface area contributed by atoms with Crippen molar-refractivity contribution in [3.63, 3.8) is 0 Å². The van der Waals surface area contributed by atoms with Gasteiger partial charge in [-0.1, -0.05) is 12.1 Å². The van der Waals surface area contributed by atoms with E-state index in [4.69, 9.17) is 4.74 Å². The molecule has 15 heavy (non-hydrogen) atoms. The number of aliphatic hydroxyl groups is 1. The Kier molecular flexibility index (Phi) is 3.48. The third kappa shape index (κ3) is 3.06. The van der Waals surface area contributed by atoms with Gasteiger partial charge in [0, 0.05) is 0 Å². The fourth-order valence-electron chi connectivity index (χ4n) is 1.21. The SMILES string of the molecule is CC(C)Oc1ccc(C(C)(O)C=O)cc1. The maximum atomic E-state index is 10.6. The van der Waals surface area contributed by atoms with Gasteiger partial charge in [-0.25, -0.2) is 0 Å². The highest BCUT2D eigenvalue weighted by atomic mass is 16.5. The molecule has 0 aliphatic heterocycles. The number of carbonyl (C=O) groups is 1. The lowest BCUT2D eigenvalue weighted by Crippen LogP contribution is -2.22. The summed E-state index contributed by atoms with van der Waals surface area (Å²) in [5.74, 6) is 0.732. The van der Waals surface area contributed by atoms with Crippen molar-refractivity contribution in [2.45, 2.75) is 32.5 Å². The van der Waals surface area contributed by atoms with Crippen molar-refractivity contribution in [1.82, 2.24) is 0 Å². The van der Waals surface area contributed by atoms with Crippen molar-refractivity contribution in [3.8, 4) is 5.75 Å². The van der Waals surface area contributed by atoms with Crippen molar-refractivity contribution in [2.24, 2.45) is 0 Å². The van der Waals surface area contributed by atoms with E-state index >= 15 is 0 Å². The van der Waals surface area contributed by atoms with Crippen LogP contribution in [0.4, 0.5) is 0 Å². The Morgan fingerprint density at radius 3 is 2.27 bits per heavy atom. The molecule has 82 valence electrons. The predicted octanol–water partition coefficient (Wildman–Crippen LogP) is 1.88. The first-order valence-corrected chi connectivity index (χ1v) is 4.91. The van der Waals surface area contributed by atoms with E-state index in [1.54, 1.807) is 24.3 Å². The Bertz CT molecular complexity index is 325. The molecule has 0 aliphatic rings. The molecule has 0 fully saturated rings. The van der Waals surface area contributed by atoms with Crippen LogP contribution in [0.3, 0.4) is 0 Å². The van der Waals surface area contributed by atoms with Crippen LogP contribution < -0.4 is 4.74 Å². The van der Waals surface area contributed by atoms with E-state index in [0.717, 1.165) is 5.75 Å². The summed E-state index contributed by atoms with van der Waals surface area (Å²) >= 11 is 0. The molecule has 0 saturated carbocycles. The predicted molar refractivity (Wildman–Crippen MR) is 57.8 cm³/mol. The lowest BCUT2D eigenvalue weighted by molar-refractivity contribution is -0.123. The zero-order valence-electron chi connectivity index (χ0n) is 9.23. The van der Waals surface area contributed by atoms with Crippen molar-refractivity contribution in [2.75, 3.05) is 0 Å². The van der Waals surface area contributed by atoms with Crippen LogP contribution >= 0.6 is 0 Å². The summed E-state index contributed by atoms with van der Waals surface area (Å²) in [5, 5.41) is 9.66. The molecule has 0 aliphatic carbocycles. The van der Waals surface area contributed by atoms with Gasteiger partial charge in [0.15, 0.2) is 6.29 Å². The van der Waals surface area contributed by atoms with Crippen LogP contribution in [0.15, 0.2) is 24.3 Å². The second kappa shape index (κ2) is 4.45. The average Bonchev–Trinajstić information content (AvgIpc) is 2.18. The van der Waals surface area contributed by atoms with E-state index in [-0.39, 0.29) is 6.10 Å². The molecule has 1 unspecified atom stereocenters. The van der Waals surface area contributed by atoms with E-state index in [1.807, 2.05) is 13.8 Å². The Labute approximate surface area is 89.7 Å². The van der Waals surface area contributed by atoms with Gasteiger partial charge in [-0.05, 0) is 38.5 Å². The summed E-state index contributed by atoms with van der Waals surface area (Å²) in [6, 6.07) is 6.86. The van der Waals surface area contributed by atoms with Crippen molar-refractivity contribution in [3.05, 3.63) is 29.8 Å². The normalized spacial score (nSPS) is 14.7. The van der Waals surface area contributed by atoms with Crippen LogP contribution in [0.25, 0.3) is 0 Å². The van der Waals surface area contributed by atoms with Gasteiger partial charge in [0.2, 0.25) is 0 Å². The Hall–Kier alpha value is -1.35. The lowest BCUT2D eigenvalue weighted by atomic mass is 9.98. The molecule has 3 heteroatoms. The molecule has 0 heterocycles. The van der Waals surface area contributed by atoms with E-state index in [1.165, 1.54) is 6.92 Å². The first-order valence-electron chi connectivity index (χ1n) is 4.91. The molecule has 0 aromatic heterocycles. The van der Waals surface area contributed by atoms with Gasteiger partial charge in [-0.2, -0.15) is 0 Å². The molecule has 0 bridgehead atoms. The number of ether oxygens (including phenoxy) is 1. The molecule has 0 radical (unpaired) electrons.